The monoisotopic (exact) mass is 378 g/mol. The highest BCUT2D eigenvalue weighted by atomic mass is 16.5. The predicted octanol–water partition coefficient (Wildman–Crippen LogP) is 5.20. The third kappa shape index (κ3) is 4.80. The van der Waals surface area contributed by atoms with Crippen LogP contribution in [0.15, 0.2) is 48.8 Å². The number of carbonyl (C=O) groups is 1. The van der Waals surface area contributed by atoms with Gasteiger partial charge in [-0.15, -0.1) is 0 Å². The third-order valence-electron chi connectivity index (χ3n) is 5.37. The van der Waals surface area contributed by atoms with Crippen molar-refractivity contribution >= 4 is 18.1 Å². The Morgan fingerprint density at radius 3 is 2.11 bits per heavy atom. The van der Waals surface area contributed by atoms with Crippen LogP contribution in [0.1, 0.15) is 58.1 Å². The second-order valence-electron chi connectivity index (χ2n) is 8.14. The van der Waals surface area contributed by atoms with Gasteiger partial charge in [-0.25, -0.2) is 0 Å². The molecule has 1 amide bonds. The van der Waals surface area contributed by atoms with Crippen LogP contribution in [0.5, 0.6) is 5.75 Å². The van der Waals surface area contributed by atoms with Gasteiger partial charge < -0.3 is 9.64 Å². The van der Waals surface area contributed by atoms with E-state index in [1.807, 2.05) is 67.3 Å². The number of likely N-dealkylation sites (tertiary alicyclic amines) is 1. The summed E-state index contributed by atoms with van der Waals surface area (Å²) in [7, 11) is 0. The second-order valence-corrected chi connectivity index (χ2v) is 8.14. The van der Waals surface area contributed by atoms with Crippen molar-refractivity contribution < 1.29 is 9.53 Å². The number of pyridine rings is 1. The van der Waals surface area contributed by atoms with Crippen LogP contribution in [-0.4, -0.2) is 33.5 Å². The number of nitrogens with zero attached hydrogens (tertiary/aromatic N) is 2. The number of ether oxygens (including phenoxy) is 1. The van der Waals surface area contributed by atoms with E-state index < -0.39 is 5.60 Å². The van der Waals surface area contributed by atoms with Crippen LogP contribution in [0, 0.1) is 0 Å². The molecule has 0 aliphatic carbocycles. The van der Waals surface area contributed by atoms with Crippen molar-refractivity contribution in [2.75, 3.05) is 0 Å². The predicted molar refractivity (Wildman–Crippen MR) is 114 cm³/mol. The van der Waals surface area contributed by atoms with Gasteiger partial charge in [-0.2, -0.15) is 0 Å². The molecule has 2 unspecified atom stereocenters. The lowest BCUT2D eigenvalue weighted by Gasteiger charge is -2.42. The van der Waals surface area contributed by atoms with E-state index in [0.29, 0.717) is 5.75 Å². The molecule has 148 valence electrons. The zero-order chi connectivity index (χ0) is 20.1. The van der Waals surface area contributed by atoms with Crippen molar-refractivity contribution in [1.29, 1.82) is 0 Å². The molecular weight excluding hydrogens is 348 g/mol. The van der Waals surface area contributed by atoms with E-state index in [1.54, 1.807) is 12.4 Å². The van der Waals surface area contributed by atoms with Gasteiger partial charge in [0.25, 0.3) is 5.91 Å². The molecule has 1 saturated heterocycles. The summed E-state index contributed by atoms with van der Waals surface area (Å²) in [6, 6.07) is 12.3. The summed E-state index contributed by atoms with van der Waals surface area (Å²) in [4.78, 5) is 19.2. The van der Waals surface area contributed by atoms with Gasteiger partial charge in [-0.05, 0) is 82.3 Å². The summed E-state index contributed by atoms with van der Waals surface area (Å²) in [6.07, 6.45) is 11.0. The minimum atomic E-state index is -0.895. The molecule has 4 nitrogen and oxygen atoms in total. The maximum atomic E-state index is 13.2. The number of piperidine rings is 1. The number of benzene rings is 1. The fourth-order valence-corrected chi connectivity index (χ4v) is 3.78. The number of hydrogen-bond acceptors (Lipinski definition) is 3. The van der Waals surface area contributed by atoms with Crippen molar-refractivity contribution in [3.8, 4) is 5.75 Å². The molecular formula is C24H30N2O2. The van der Waals surface area contributed by atoms with Crippen LogP contribution in [0.2, 0.25) is 0 Å². The fourth-order valence-electron chi connectivity index (χ4n) is 3.78. The Labute approximate surface area is 168 Å². The summed E-state index contributed by atoms with van der Waals surface area (Å²) in [5.41, 5.74) is 1.28. The van der Waals surface area contributed by atoms with Gasteiger partial charge in [-0.1, -0.05) is 24.3 Å². The van der Waals surface area contributed by atoms with Gasteiger partial charge in [0.05, 0.1) is 0 Å². The summed E-state index contributed by atoms with van der Waals surface area (Å²) >= 11 is 0. The molecule has 2 atom stereocenters. The quantitative estimate of drug-likeness (QED) is 0.718. The topological polar surface area (TPSA) is 42.4 Å². The normalized spacial score (nSPS) is 20.4. The molecule has 4 heteroatoms. The van der Waals surface area contributed by atoms with Crippen LogP contribution in [0.3, 0.4) is 0 Å². The molecule has 0 spiro atoms. The highest BCUT2D eigenvalue weighted by Crippen LogP contribution is 2.28. The van der Waals surface area contributed by atoms with Crippen molar-refractivity contribution in [2.24, 2.45) is 0 Å². The van der Waals surface area contributed by atoms with Gasteiger partial charge in [0, 0.05) is 24.5 Å². The van der Waals surface area contributed by atoms with Crippen LogP contribution in [0.4, 0.5) is 0 Å². The summed E-state index contributed by atoms with van der Waals surface area (Å²) in [5, 5.41) is 0. The summed E-state index contributed by atoms with van der Waals surface area (Å²) in [6.45, 7) is 7.99. The Hall–Kier alpha value is -2.62. The Morgan fingerprint density at radius 1 is 1.00 bits per heavy atom. The molecule has 3 rings (SSSR count). The number of hydrogen-bond donors (Lipinski definition) is 0. The number of aromatic nitrogens is 1. The molecule has 1 aromatic carbocycles. The van der Waals surface area contributed by atoms with Crippen molar-refractivity contribution in [3.05, 3.63) is 59.9 Å². The highest BCUT2D eigenvalue weighted by molar-refractivity contribution is 5.85. The zero-order valence-corrected chi connectivity index (χ0v) is 17.3. The van der Waals surface area contributed by atoms with Crippen molar-refractivity contribution in [2.45, 2.75) is 64.6 Å². The van der Waals surface area contributed by atoms with Crippen LogP contribution >= 0.6 is 0 Å². The lowest BCUT2D eigenvalue weighted by atomic mass is 9.94. The number of rotatable bonds is 5. The van der Waals surface area contributed by atoms with Crippen LogP contribution < -0.4 is 4.74 Å². The minimum absolute atomic E-state index is 0.0638. The molecule has 1 aliphatic rings. The van der Waals surface area contributed by atoms with Crippen LogP contribution in [0.25, 0.3) is 12.2 Å². The largest absolute Gasteiger partial charge is 0.478 e. The Bertz CT molecular complexity index is 802. The summed E-state index contributed by atoms with van der Waals surface area (Å²) < 4.78 is 6.11. The average Bonchev–Trinajstić information content (AvgIpc) is 2.68. The van der Waals surface area contributed by atoms with Gasteiger partial charge in [0.2, 0.25) is 0 Å². The molecule has 1 fully saturated rings. The van der Waals surface area contributed by atoms with E-state index in [-0.39, 0.29) is 18.0 Å². The first-order chi connectivity index (χ1) is 13.4. The first-order valence-electron chi connectivity index (χ1n) is 10.1. The molecule has 1 aromatic heterocycles. The minimum Gasteiger partial charge on any atom is -0.478 e. The van der Waals surface area contributed by atoms with Gasteiger partial charge in [0.1, 0.15) is 5.75 Å². The Balaban J connectivity index is 1.67. The van der Waals surface area contributed by atoms with E-state index in [9.17, 15) is 4.79 Å². The van der Waals surface area contributed by atoms with Gasteiger partial charge in [0.15, 0.2) is 5.60 Å². The van der Waals surface area contributed by atoms with Crippen molar-refractivity contribution in [1.82, 2.24) is 9.88 Å². The van der Waals surface area contributed by atoms with Crippen molar-refractivity contribution in [3.63, 3.8) is 0 Å². The van der Waals surface area contributed by atoms with E-state index in [2.05, 4.69) is 18.8 Å². The molecule has 0 radical (unpaired) electrons. The van der Waals surface area contributed by atoms with E-state index in [1.165, 1.54) is 6.42 Å². The highest BCUT2D eigenvalue weighted by Gasteiger charge is 2.39. The third-order valence-corrected chi connectivity index (χ3v) is 5.37. The molecule has 1 aliphatic heterocycles. The maximum absolute atomic E-state index is 13.2. The SMILES string of the molecule is CC1CCCC(C)N1C(=O)C(C)(C)Oc1ccc(/C=C/c2ccncc2)cc1. The van der Waals surface area contributed by atoms with Crippen LogP contribution in [-0.2, 0) is 4.79 Å². The van der Waals surface area contributed by atoms with Gasteiger partial charge >= 0.3 is 0 Å². The Kier molecular flexibility index (Phi) is 6.18. The Morgan fingerprint density at radius 2 is 1.54 bits per heavy atom. The zero-order valence-electron chi connectivity index (χ0n) is 17.3. The second kappa shape index (κ2) is 8.59. The smallest absolute Gasteiger partial charge is 0.266 e. The first kappa shape index (κ1) is 20.1. The number of amides is 1. The van der Waals surface area contributed by atoms with E-state index in [4.69, 9.17) is 4.74 Å². The standard InChI is InChI=1S/C24H30N2O2/c1-18-6-5-7-19(2)26(18)23(27)24(3,4)28-22-12-10-20(11-13-22)8-9-21-14-16-25-17-15-21/h8-19H,5-7H2,1-4H3/b9-8+. The first-order valence-corrected chi connectivity index (χ1v) is 10.1. The lowest BCUT2D eigenvalue weighted by molar-refractivity contribution is -0.151. The molecule has 2 aromatic rings. The maximum Gasteiger partial charge on any atom is 0.266 e. The molecule has 0 N–H and O–H groups in total. The van der Waals surface area contributed by atoms with E-state index in [0.717, 1.165) is 24.0 Å². The van der Waals surface area contributed by atoms with E-state index >= 15 is 0 Å². The molecule has 28 heavy (non-hydrogen) atoms. The lowest BCUT2D eigenvalue weighted by Crippen LogP contribution is -2.56. The molecule has 0 saturated carbocycles. The average molecular weight is 379 g/mol. The molecule has 0 bridgehead atoms. The fraction of sp³-hybridized carbons (Fsp3) is 0.417. The van der Waals surface area contributed by atoms with Gasteiger partial charge in [-0.3, -0.25) is 9.78 Å². The molecule has 2 heterocycles. The summed E-state index contributed by atoms with van der Waals surface area (Å²) in [5.74, 6) is 0.769. The number of carbonyl (C=O) groups excluding carboxylic acids is 1.